The number of nitrogens with one attached hydrogen (secondary N) is 1. The second kappa shape index (κ2) is 7.79. The summed E-state index contributed by atoms with van der Waals surface area (Å²) in [4.78, 5) is 24.3. The fraction of sp³-hybridized carbons (Fsp3) is 0.706. The Labute approximate surface area is 143 Å². The van der Waals surface area contributed by atoms with Crippen molar-refractivity contribution in [2.75, 3.05) is 45.7 Å². The molecule has 1 aromatic rings. The number of hydrogen-bond donors (Lipinski definition) is 1. The zero-order valence-corrected chi connectivity index (χ0v) is 14.6. The summed E-state index contributed by atoms with van der Waals surface area (Å²) in [6, 6.07) is 2.28. The van der Waals surface area contributed by atoms with Gasteiger partial charge in [-0.15, -0.1) is 0 Å². The molecule has 3 rings (SSSR count). The Bertz CT molecular complexity index is 560. The molecule has 24 heavy (non-hydrogen) atoms. The number of piperidine rings is 2. The van der Waals surface area contributed by atoms with Crippen molar-refractivity contribution in [1.29, 1.82) is 0 Å². The Morgan fingerprint density at radius 1 is 1.29 bits per heavy atom. The number of anilines is 1. The fourth-order valence-corrected chi connectivity index (χ4v) is 3.61. The molecule has 0 aromatic carbocycles. The lowest BCUT2D eigenvalue weighted by atomic mass is 9.96. The second-order valence-electron chi connectivity index (χ2n) is 6.84. The minimum atomic E-state index is 0.287. The number of rotatable bonds is 5. The van der Waals surface area contributed by atoms with Crippen LogP contribution in [0.5, 0.6) is 5.88 Å². The largest absolute Gasteiger partial charge is 0.481 e. The van der Waals surface area contributed by atoms with E-state index in [2.05, 4.69) is 20.2 Å². The van der Waals surface area contributed by atoms with Gasteiger partial charge in [0.2, 0.25) is 11.8 Å². The molecule has 1 aromatic heterocycles. The van der Waals surface area contributed by atoms with Crippen LogP contribution in [0.25, 0.3) is 0 Å². The molecule has 0 aliphatic carbocycles. The highest BCUT2D eigenvalue weighted by Crippen LogP contribution is 2.21. The van der Waals surface area contributed by atoms with Crippen molar-refractivity contribution < 1.29 is 9.53 Å². The van der Waals surface area contributed by atoms with Crippen LogP contribution in [0.2, 0.25) is 0 Å². The molecular formula is C17H27N5O2. The molecule has 0 saturated carbocycles. The van der Waals surface area contributed by atoms with E-state index in [1.165, 1.54) is 6.33 Å². The molecule has 3 heterocycles. The number of amides is 1. The average Bonchev–Trinajstić information content (AvgIpc) is 2.60. The SMILES string of the molecule is COc1cc(NC2CCN(CC3CCC(=O)N(C)C3)CC2)ncn1. The zero-order valence-electron chi connectivity index (χ0n) is 14.6. The summed E-state index contributed by atoms with van der Waals surface area (Å²) in [7, 11) is 3.53. The van der Waals surface area contributed by atoms with Crippen molar-refractivity contribution in [3.05, 3.63) is 12.4 Å². The highest BCUT2D eigenvalue weighted by molar-refractivity contribution is 5.76. The minimum absolute atomic E-state index is 0.287. The summed E-state index contributed by atoms with van der Waals surface area (Å²) < 4.78 is 5.13. The molecule has 7 heteroatoms. The van der Waals surface area contributed by atoms with Crippen molar-refractivity contribution in [2.45, 2.75) is 31.7 Å². The van der Waals surface area contributed by atoms with E-state index < -0.39 is 0 Å². The van der Waals surface area contributed by atoms with Crippen molar-refractivity contribution >= 4 is 11.7 Å². The molecule has 1 atom stereocenters. The number of methoxy groups -OCH3 is 1. The van der Waals surface area contributed by atoms with Crippen LogP contribution in [0.4, 0.5) is 5.82 Å². The zero-order chi connectivity index (χ0) is 16.9. The molecular weight excluding hydrogens is 306 g/mol. The van der Waals surface area contributed by atoms with E-state index >= 15 is 0 Å². The predicted molar refractivity (Wildman–Crippen MR) is 92.0 cm³/mol. The molecule has 2 saturated heterocycles. The van der Waals surface area contributed by atoms with Gasteiger partial charge in [0.1, 0.15) is 12.1 Å². The van der Waals surface area contributed by atoms with E-state index in [0.717, 1.165) is 51.3 Å². The van der Waals surface area contributed by atoms with Crippen LogP contribution in [0.3, 0.4) is 0 Å². The van der Waals surface area contributed by atoms with Gasteiger partial charge in [-0.05, 0) is 25.2 Å². The van der Waals surface area contributed by atoms with Crippen molar-refractivity contribution in [3.63, 3.8) is 0 Å². The monoisotopic (exact) mass is 333 g/mol. The summed E-state index contributed by atoms with van der Waals surface area (Å²) in [6.07, 6.45) is 5.47. The average molecular weight is 333 g/mol. The first kappa shape index (κ1) is 17.0. The van der Waals surface area contributed by atoms with Gasteiger partial charge < -0.3 is 19.9 Å². The molecule has 1 unspecified atom stereocenters. The van der Waals surface area contributed by atoms with E-state index in [1.54, 1.807) is 7.11 Å². The summed E-state index contributed by atoms with van der Waals surface area (Å²) in [5.41, 5.74) is 0. The van der Waals surface area contributed by atoms with Gasteiger partial charge in [-0.3, -0.25) is 4.79 Å². The standard InChI is InChI=1S/C17H27N5O2/c1-21-10-13(3-4-17(21)23)11-22-7-5-14(6-8-22)20-15-9-16(24-2)19-12-18-15/h9,12-14H,3-8,10-11H2,1-2H3,(H,18,19,20). The number of ether oxygens (including phenoxy) is 1. The van der Waals surface area contributed by atoms with E-state index in [0.29, 0.717) is 24.3 Å². The Balaban J connectivity index is 1.43. The van der Waals surface area contributed by atoms with Crippen LogP contribution in [-0.4, -0.2) is 72.1 Å². The van der Waals surface area contributed by atoms with E-state index in [4.69, 9.17) is 4.74 Å². The van der Waals surface area contributed by atoms with Gasteiger partial charge in [0, 0.05) is 51.8 Å². The van der Waals surface area contributed by atoms with Crippen LogP contribution in [-0.2, 0) is 4.79 Å². The van der Waals surface area contributed by atoms with E-state index in [9.17, 15) is 4.79 Å². The van der Waals surface area contributed by atoms with Crippen LogP contribution in [0.15, 0.2) is 12.4 Å². The third-order valence-electron chi connectivity index (χ3n) is 5.03. The van der Waals surface area contributed by atoms with Gasteiger partial charge in [-0.25, -0.2) is 9.97 Å². The number of carbonyl (C=O) groups excluding carboxylic acids is 1. The lowest BCUT2D eigenvalue weighted by molar-refractivity contribution is -0.133. The molecule has 2 fully saturated rings. The Kier molecular flexibility index (Phi) is 5.50. The smallest absolute Gasteiger partial charge is 0.222 e. The minimum Gasteiger partial charge on any atom is -0.481 e. The molecule has 132 valence electrons. The first-order chi connectivity index (χ1) is 11.6. The quantitative estimate of drug-likeness (QED) is 0.874. The number of likely N-dealkylation sites (tertiary alicyclic amines) is 2. The maximum absolute atomic E-state index is 11.6. The number of carbonyl (C=O) groups is 1. The highest BCUT2D eigenvalue weighted by Gasteiger charge is 2.26. The van der Waals surface area contributed by atoms with E-state index in [-0.39, 0.29) is 5.91 Å². The van der Waals surface area contributed by atoms with Crippen LogP contribution in [0.1, 0.15) is 25.7 Å². The first-order valence-corrected chi connectivity index (χ1v) is 8.73. The number of nitrogens with zero attached hydrogens (tertiary/aromatic N) is 4. The molecule has 2 aliphatic heterocycles. The molecule has 0 bridgehead atoms. The van der Waals surface area contributed by atoms with Crippen molar-refractivity contribution in [3.8, 4) is 5.88 Å². The van der Waals surface area contributed by atoms with Gasteiger partial charge in [-0.2, -0.15) is 0 Å². The van der Waals surface area contributed by atoms with Gasteiger partial charge in [0.15, 0.2) is 0 Å². The maximum atomic E-state index is 11.6. The summed E-state index contributed by atoms with van der Waals surface area (Å²) in [5, 5.41) is 3.48. The molecule has 0 radical (unpaired) electrons. The van der Waals surface area contributed by atoms with E-state index in [1.807, 2.05) is 18.0 Å². The Hall–Kier alpha value is -1.89. The van der Waals surface area contributed by atoms with Gasteiger partial charge >= 0.3 is 0 Å². The van der Waals surface area contributed by atoms with Crippen LogP contribution >= 0.6 is 0 Å². The fourth-order valence-electron chi connectivity index (χ4n) is 3.61. The molecule has 1 N–H and O–H groups in total. The van der Waals surface area contributed by atoms with Crippen LogP contribution in [0, 0.1) is 5.92 Å². The highest BCUT2D eigenvalue weighted by atomic mass is 16.5. The molecule has 7 nitrogen and oxygen atoms in total. The third-order valence-corrected chi connectivity index (χ3v) is 5.03. The van der Waals surface area contributed by atoms with Crippen LogP contribution < -0.4 is 10.1 Å². The van der Waals surface area contributed by atoms with Crippen molar-refractivity contribution in [2.24, 2.45) is 5.92 Å². The first-order valence-electron chi connectivity index (χ1n) is 8.73. The topological polar surface area (TPSA) is 70.6 Å². The van der Waals surface area contributed by atoms with Gasteiger partial charge in [0.05, 0.1) is 7.11 Å². The third kappa shape index (κ3) is 4.35. The lowest BCUT2D eigenvalue weighted by Crippen LogP contribution is -2.45. The maximum Gasteiger partial charge on any atom is 0.222 e. The number of hydrogen-bond acceptors (Lipinski definition) is 6. The normalized spacial score (nSPS) is 23.3. The number of aromatic nitrogens is 2. The Morgan fingerprint density at radius 3 is 2.79 bits per heavy atom. The Morgan fingerprint density at radius 2 is 2.08 bits per heavy atom. The summed E-state index contributed by atoms with van der Waals surface area (Å²) in [5.74, 6) is 2.31. The summed E-state index contributed by atoms with van der Waals surface area (Å²) in [6.45, 7) is 4.19. The summed E-state index contributed by atoms with van der Waals surface area (Å²) >= 11 is 0. The predicted octanol–water partition coefficient (Wildman–Crippen LogP) is 1.23. The van der Waals surface area contributed by atoms with Gasteiger partial charge in [-0.1, -0.05) is 0 Å². The molecule has 0 spiro atoms. The van der Waals surface area contributed by atoms with Crippen molar-refractivity contribution in [1.82, 2.24) is 19.8 Å². The molecule has 2 aliphatic rings. The lowest BCUT2D eigenvalue weighted by Gasteiger charge is -2.37. The second-order valence-corrected chi connectivity index (χ2v) is 6.84. The molecule has 1 amide bonds. The van der Waals surface area contributed by atoms with Gasteiger partial charge in [0.25, 0.3) is 0 Å².